The molecule has 0 saturated heterocycles. The summed E-state index contributed by atoms with van der Waals surface area (Å²) in [5.74, 6) is -0.140. The number of rotatable bonds is 5. The van der Waals surface area contributed by atoms with Crippen LogP contribution in [0.15, 0.2) is 29.0 Å². The Bertz CT molecular complexity index is 760. The van der Waals surface area contributed by atoms with Crippen molar-refractivity contribution in [2.75, 3.05) is 0 Å². The number of nitrogens with one attached hydrogen (secondary N) is 2. The summed E-state index contributed by atoms with van der Waals surface area (Å²) in [4.78, 5) is 17.7. The highest BCUT2D eigenvalue weighted by Gasteiger charge is 2.15. The lowest BCUT2D eigenvalue weighted by Gasteiger charge is -2.11. The van der Waals surface area contributed by atoms with Crippen LogP contribution in [-0.2, 0) is 6.42 Å². The molecule has 0 radical (unpaired) electrons. The number of hydrogen-bond acceptors (Lipinski definition) is 5. The van der Waals surface area contributed by atoms with Gasteiger partial charge in [0.15, 0.2) is 0 Å². The van der Waals surface area contributed by atoms with Gasteiger partial charge in [0.1, 0.15) is 10.7 Å². The predicted molar refractivity (Wildman–Crippen MR) is 89.4 cm³/mol. The van der Waals surface area contributed by atoms with E-state index in [0.29, 0.717) is 12.1 Å². The van der Waals surface area contributed by atoms with E-state index in [1.54, 1.807) is 16.7 Å². The van der Waals surface area contributed by atoms with Crippen molar-refractivity contribution in [3.8, 4) is 9.88 Å². The van der Waals surface area contributed by atoms with E-state index in [4.69, 9.17) is 0 Å². The number of carbonyl (C=O) groups excluding carboxylic acids is 1. The molecule has 0 spiro atoms. The highest BCUT2D eigenvalue weighted by Crippen LogP contribution is 2.27. The second kappa shape index (κ2) is 6.41. The third kappa shape index (κ3) is 3.42. The highest BCUT2D eigenvalue weighted by molar-refractivity contribution is 7.20. The monoisotopic (exact) mass is 332 g/mol. The Morgan fingerprint density at radius 1 is 1.45 bits per heavy atom. The van der Waals surface area contributed by atoms with Gasteiger partial charge in [-0.05, 0) is 31.4 Å². The average molecular weight is 332 g/mol. The van der Waals surface area contributed by atoms with Gasteiger partial charge in [0.25, 0.3) is 5.91 Å². The van der Waals surface area contributed by atoms with Gasteiger partial charge >= 0.3 is 0 Å². The number of aromatic nitrogens is 3. The molecule has 0 aliphatic carbocycles. The standard InChI is InChI=1S/C15H16N4OS2/c1-9(6-11-7-10(2)18-19-11)16-14(20)12-8-22-15(17-12)13-4-3-5-21-13/h3-5,7-9H,6H2,1-2H3,(H,16,20)(H,18,19)/t9-/m0/s1. The normalized spacial score (nSPS) is 12.3. The van der Waals surface area contributed by atoms with Crippen LogP contribution in [-0.4, -0.2) is 27.1 Å². The Kier molecular flexibility index (Phi) is 4.35. The first kappa shape index (κ1) is 14.9. The third-order valence-electron chi connectivity index (χ3n) is 3.12. The maximum atomic E-state index is 12.2. The van der Waals surface area contributed by atoms with Crippen molar-refractivity contribution in [3.63, 3.8) is 0 Å². The minimum absolute atomic E-state index is 0.00193. The molecule has 0 aromatic carbocycles. The molecule has 3 rings (SSSR count). The van der Waals surface area contributed by atoms with E-state index in [-0.39, 0.29) is 11.9 Å². The molecule has 0 unspecified atom stereocenters. The number of H-pyrrole nitrogens is 1. The van der Waals surface area contributed by atoms with Gasteiger partial charge in [-0.1, -0.05) is 6.07 Å². The summed E-state index contributed by atoms with van der Waals surface area (Å²) in [5.41, 5.74) is 2.44. The van der Waals surface area contributed by atoms with E-state index < -0.39 is 0 Å². The first-order chi connectivity index (χ1) is 10.6. The summed E-state index contributed by atoms with van der Waals surface area (Å²) < 4.78 is 0. The lowest BCUT2D eigenvalue weighted by Crippen LogP contribution is -2.34. The molecule has 114 valence electrons. The lowest BCUT2D eigenvalue weighted by molar-refractivity contribution is 0.0935. The molecule has 0 bridgehead atoms. The fourth-order valence-electron chi connectivity index (χ4n) is 2.13. The largest absolute Gasteiger partial charge is 0.348 e. The van der Waals surface area contributed by atoms with Crippen LogP contribution in [0.1, 0.15) is 28.8 Å². The summed E-state index contributed by atoms with van der Waals surface area (Å²) in [6, 6.07) is 5.98. The zero-order valence-corrected chi connectivity index (χ0v) is 13.9. The van der Waals surface area contributed by atoms with Crippen LogP contribution >= 0.6 is 22.7 Å². The molecule has 0 fully saturated rings. The Morgan fingerprint density at radius 3 is 3.00 bits per heavy atom. The van der Waals surface area contributed by atoms with Crippen molar-refractivity contribution in [1.82, 2.24) is 20.5 Å². The first-order valence-electron chi connectivity index (χ1n) is 6.93. The Morgan fingerprint density at radius 2 is 2.32 bits per heavy atom. The fourth-order valence-corrected chi connectivity index (χ4v) is 3.75. The van der Waals surface area contributed by atoms with Gasteiger partial charge in [-0.15, -0.1) is 22.7 Å². The van der Waals surface area contributed by atoms with E-state index in [1.165, 1.54) is 11.3 Å². The fraction of sp³-hybridized carbons (Fsp3) is 0.267. The maximum Gasteiger partial charge on any atom is 0.270 e. The SMILES string of the molecule is Cc1cc(C[C@H](C)NC(=O)c2csc(-c3cccs3)n2)n[nH]1. The number of thiophene rings is 1. The van der Waals surface area contributed by atoms with Crippen LogP contribution in [0.3, 0.4) is 0 Å². The van der Waals surface area contributed by atoms with E-state index >= 15 is 0 Å². The van der Waals surface area contributed by atoms with Crippen LogP contribution in [0.2, 0.25) is 0 Å². The number of aryl methyl sites for hydroxylation is 1. The third-order valence-corrected chi connectivity index (χ3v) is 5.00. The Hall–Kier alpha value is -1.99. The summed E-state index contributed by atoms with van der Waals surface area (Å²) >= 11 is 3.11. The van der Waals surface area contributed by atoms with E-state index in [9.17, 15) is 4.79 Å². The molecular weight excluding hydrogens is 316 g/mol. The van der Waals surface area contributed by atoms with Crippen LogP contribution in [0.4, 0.5) is 0 Å². The summed E-state index contributed by atoms with van der Waals surface area (Å²) in [7, 11) is 0. The quantitative estimate of drug-likeness (QED) is 0.753. The molecule has 0 aliphatic rings. The first-order valence-corrected chi connectivity index (χ1v) is 8.69. The van der Waals surface area contributed by atoms with Gasteiger partial charge in [-0.2, -0.15) is 5.10 Å². The van der Waals surface area contributed by atoms with Gasteiger partial charge in [-0.25, -0.2) is 4.98 Å². The zero-order valence-electron chi connectivity index (χ0n) is 12.3. The van der Waals surface area contributed by atoms with Gasteiger partial charge in [0.2, 0.25) is 0 Å². The maximum absolute atomic E-state index is 12.2. The van der Waals surface area contributed by atoms with E-state index in [1.807, 2.05) is 37.4 Å². The number of hydrogen-bond donors (Lipinski definition) is 2. The molecule has 1 amide bonds. The van der Waals surface area contributed by atoms with Crippen molar-refractivity contribution in [1.29, 1.82) is 0 Å². The minimum atomic E-state index is -0.140. The molecule has 22 heavy (non-hydrogen) atoms. The smallest absolute Gasteiger partial charge is 0.270 e. The van der Waals surface area contributed by atoms with Crippen LogP contribution < -0.4 is 5.32 Å². The van der Waals surface area contributed by atoms with Crippen molar-refractivity contribution in [2.45, 2.75) is 26.3 Å². The van der Waals surface area contributed by atoms with Crippen molar-refractivity contribution < 1.29 is 4.79 Å². The van der Waals surface area contributed by atoms with E-state index in [0.717, 1.165) is 21.3 Å². The highest BCUT2D eigenvalue weighted by atomic mass is 32.1. The zero-order chi connectivity index (χ0) is 15.5. The summed E-state index contributed by atoms with van der Waals surface area (Å²) in [6.07, 6.45) is 0.692. The summed E-state index contributed by atoms with van der Waals surface area (Å²) in [6.45, 7) is 3.93. The molecule has 3 aromatic rings. The average Bonchev–Trinajstić information content (AvgIpc) is 3.18. The Labute approximate surface area is 136 Å². The van der Waals surface area contributed by atoms with Crippen molar-refractivity contribution >= 4 is 28.6 Å². The van der Waals surface area contributed by atoms with Gasteiger partial charge in [-0.3, -0.25) is 9.89 Å². The van der Waals surface area contributed by atoms with Gasteiger partial charge in [0.05, 0.1) is 10.6 Å². The molecule has 2 N–H and O–H groups in total. The second-order valence-electron chi connectivity index (χ2n) is 5.14. The second-order valence-corrected chi connectivity index (χ2v) is 6.94. The molecular formula is C15H16N4OS2. The molecule has 0 aliphatic heterocycles. The minimum Gasteiger partial charge on any atom is -0.348 e. The molecule has 0 saturated carbocycles. The molecule has 7 heteroatoms. The van der Waals surface area contributed by atoms with Crippen molar-refractivity contribution in [3.05, 3.63) is 46.0 Å². The number of amides is 1. The number of aromatic amines is 1. The molecule has 3 aromatic heterocycles. The number of thiazole rings is 1. The molecule has 3 heterocycles. The van der Waals surface area contributed by atoms with E-state index in [2.05, 4.69) is 20.5 Å². The molecule has 1 atom stereocenters. The van der Waals surface area contributed by atoms with Gasteiger partial charge in [0, 0.05) is 23.5 Å². The van der Waals surface area contributed by atoms with Crippen molar-refractivity contribution in [2.24, 2.45) is 0 Å². The topological polar surface area (TPSA) is 70.7 Å². The van der Waals surface area contributed by atoms with Crippen LogP contribution in [0.5, 0.6) is 0 Å². The van der Waals surface area contributed by atoms with Crippen LogP contribution in [0, 0.1) is 6.92 Å². The number of carbonyl (C=O) groups is 1. The lowest BCUT2D eigenvalue weighted by atomic mass is 10.1. The van der Waals surface area contributed by atoms with Crippen LogP contribution in [0.25, 0.3) is 9.88 Å². The molecule has 5 nitrogen and oxygen atoms in total. The predicted octanol–water partition coefficient (Wildman–Crippen LogP) is 3.26. The summed E-state index contributed by atoms with van der Waals surface area (Å²) in [5, 5.41) is 14.7. The Balaban J connectivity index is 1.62. The number of nitrogens with zero attached hydrogens (tertiary/aromatic N) is 2. The van der Waals surface area contributed by atoms with Gasteiger partial charge < -0.3 is 5.32 Å².